The van der Waals surface area contributed by atoms with Crippen molar-refractivity contribution < 1.29 is 0 Å². The third kappa shape index (κ3) is 3.12. The van der Waals surface area contributed by atoms with E-state index in [1.807, 2.05) is 12.1 Å². The van der Waals surface area contributed by atoms with Crippen molar-refractivity contribution in [3.63, 3.8) is 0 Å². The monoisotopic (exact) mass is 258 g/mol. The highest BCUT2D eigenvalue weighted by molar-refractivity contribution is 5.30. The summed E-state index contributed by atoms with van der Waals surface area (Å²) in [5, 5.41) is 12.5. The summed E-state index contributed by atoms with van der Waals surface area (Å²) in [6.45, 7) is 1.69. The number of aromatic nitrogens is 1. The maximum Gasteiger partial charge on any atom is 0.144 e. The molecule has 0 spiro atoms. The molecule has 2 rings (SSSR count). The van der Waals surface area contributed by atoms with Gasteiger partial charge >= 0.3 is 0 Å². The second-order valence-electron chi connectivity index (χ2n) is 5.55. The summed E-state index contributed by atoms with van der Waals surface area (Å²) < 4.78 is 0. The van der Waals surface area contributed by atoms with Gasteiger partial charge in [0.05, 0.1) is 0 Å². The number of hydrogen-bond donors (Lipinski definition) is 1. The van der Waals surface area contributed by atoms with Gasteiger partial charge in [-0.3, -0.25) is 0 Å². The van der Waals surface area contributed by atoms with Crippen LogP contribution in [0.25, 0.3) is 0 Å². The van der Waals surface area contributed by atoms with Crippen LogP contribution in [0.4, 0.5) is 0 Å². The largest absolute Gasteiger partial charge is 0.311 e. The second-order valence-corrected chi connectivity index (χ2v) is 5.55. The van der Waals surface area contributed by atoms with Crippen molar-refractivity contribution in [3.05, 3.63) is 29.6 Å². The molecule has 4 nitrogen and oxygen atoms in total. The highest BCUT2D eigenvalue weighted by Gasteiger charge is 2.35. The fourth-order valence-corrected chi connectivity index (χ4v) is 2.93. The van der Waals surface area contributed by atoms with Crippen LogP contribution in [-0.4, -0.2) is 36.1 Å². The van der Waals surface area contributed by atoms with E-state index in [9.17, 15) is 0 Å². The summed E-state index contributed by atoms with van der Waals surface area (Å²) in [5.74, 6) is 0. The Labute approximate surface area is 115 Å². The van der Waals surface area contributed by atoms with Gasteiger partial charge in [-0.2, -0.15) is 5.26 Å². The Kier molecular flexibility index (Phi) is 4.52. The van der Waals surface area contributed by atoms with E-state index < -0.39 is 0 Å². The minimum absolute atomic E-state index is 0.287. The number of hydrogen-bond acceptors (Lipinski definition) is 4. The molecule has 1 aliphatic rings. The lowest BCUT2D eigenvalue weighted by Gasteiger charge is -2.36. The van der Waals surface area contributed by atoms with Gasteiger partial charge in [-0.15, -0.1) is 0 Å². The van der Waals surface area contributed by atoms with Crippen LogP contribution < -0.4 is 5.32 Å². The Morgan fingerprint density at radius 2 is 2.16 bits per heavy atom. The maximum atomic E-state index is 9.02. The quantitative estimate of drug-likeness (QED) is 0.876. The first-order valence-corrected chi connectivity index (χ1v) is 6.90. The number of pyridine rings is 1. The van der Waals surface area contributed by atoms with E-state index in [-0.39, 0.29) is 5.54 Å². The molecule has 0 amide bonds. The molecule has 0 aliphatic heterocycles. The van der Waals surface area contributed by atoms with Gasteiger partial charge in [0.25, 0.3) is 0 Å². The molecule has 1 aromatic rings. The molecular weight excluding hydrogens is 236 g/mol. The first kappa shape index (κ1) is 14.0. The first-order valence-electron chi connectivity index (χ1n) is 6.90. The highest BCUT2D eigenvalue weighted by atomic mass is 15.2. The molecule has 1 aromatic heterocycles. The lowest BCUT2D eigenvalue weighted by Crippen LogP contribution is -2.49. The van der Waals surface area contributed by atoms with Crippen molar-refractivity contribution in [1.29, 1.82) is 5.26 Å². The smallest absolute Gasteiger partial charge is 0.144 e. The topological polar surface area (TPSA) is 52.0 Å². The van der Waals surface area contributed by atoms with Crippen molar-refractivity contribution in [2.45, 2.75) is 37.8 Å². The number of likely N-dealkylation sites (N-methyl/N-ethyl adjacent to an activating group) is 1. The summed E-state index contributed by atoms with van der Waals surface area (Å²) in [6, 6.07) is 6.00. The summed E-state index contributed by atoms with van der Waals surface area (Å²) in [5.41, 5.74) is 1.80. The van der Waals surface area contributed by atoms with Crippen LogP contribution in [0.2, 0.25) is 0 Å². The van der Waals surface area contributed by atoms with E-state index >= 15 is 0 Å². The molecular formula is C15H22N4. The Morgan fingerprint density at radius 3 is 2.79 bits per heavy atom. The predicted molar refractivity (Wildman–Crippen MR) is 75.5 cm³/mol. The highest BCUT2D eigenvalue weighted by Crippen LogP contribution is 2.33. The Morgan fingerprint density at radius 1 is 1.42 bits per heavy atom. The van der Waals surface area contributed by atoms with E-state index in [2.05, 4.69) is 35.4 Å². The van der Waals surface area contributed by atoms with Crippen molar-refractivity contribution in [2.24, 2.45) is 0 Å². The van der Waals surface area contributed by atoms with E-state index in [0.717, 1.165) is 12.1 Å². The van der Waals surface area contributed by atoms with E-state index in [4.69, 9.17) is 5.26 Å². The molecule has 1 heterocycles. The summed E-state index contributed by atoms with van der Waals surface area (Å²) >= 11 is 0. The molecule has 1 N–H and O–H groups in total. The van der Waals surface area contributed by atoms with E-state index in [1.165, 1.54) is 25.7 Å². The molecule has 4 heteroatoms. The van der Waals surface area contributed by atoms with Gasteiger partial charge in [0.15, 0.2) is 0 Å². The van der Waals surface area contributed by atoms with Gasteiger partial charge in [-0.25, -0.2) is 4.98 Å². The van der Waals surface area contributed by atoms with Crippen LogP contribution in [0.5, 0.6) is 0 Å². The predicted octanol–water partition coefficient (Wildman–Crippen LogP) is 1.92. The third-order valence-corrected chi connectivity index (χ3v) is 4.25. The summed E-state index contributed by atoms with van der Waals surface area (Å²) in [4.78, 5) is 6.44. The van der Waals surface area contributed by atoms with Gasteiger partial charge in [-0.05, 0) is 33.0 Å². The molecule has 0 radical (unpaired) electrons. The third-order valence-electron chi connectivity index (χ3n) is 4.25. The molecule has 0 saturated heterocycles. The Hall–Kier alpha value is -1.44. The lowest BCUT2D eigenvalue weighted by atomic mass is 9.96. The molecule has 0 aromatic carbocycles. The zero-order valence-electron chi connectivity index (χ0n) is 11.8. The van der Waals surface area contributed by atoms with Gasteiger partial charge in [0.1, 0.15) is 11.8 Å². The fraction of sp³-hybridized carbons (Fsp3) is 0.600. The Bertz CT molecular complexity index is 455. The Balaban J connectivity index is 1.94. The van der Waals surface area contributed by atoms with Crippen LogP contribution >= 0.6 is 0 Å². The fourth-order valence-electron chi connectivity index (χ4n) is 2.93. The minimum Gasteiger partial charge on any atom is -0.311 e. The van der Waals surface area contributed by atoms with Crippen molar-refractivity contribution in [3.8, 4) is 6.07 Å². The number of nitriles is 1. The van der Waals surface area contributed by atoms with Crippen LogP contribution in [0.3, 0.4) is 0 Å². The number of rotatable bonds is 5. The summed E-state index contributed by atoms with van der Waals surface area (Å²) in [7, 11) is 4.33. The standard InChI is InChI=1S/C15H22N4/c1-19(2)15(7-3-4-8-15)12-17-11-13-6-5-9-18-14(13)10-16/h5-6,9,17H,3-4,7-8,11-12H2,1-2H3. The van der Waals surface area contributed by atoms with Crippen molar-refractivity contribution >= 4 is 0 Å². The minimum atomic E-state index is 0.287. The van der Waals surface area contributed by atoms with E-state index in [1.54, 1.807) is 6.20 Å². The maximum absolute atomic E-state index is 9.02. The van der Waals surface area contributed by atoms with Crippen LogP contribution in [0.15, 0.2) is 18.3 Å². The summed E-state index contributed by atoms with van der Waals surface area (Å²) in [6.07, 6.45) is 6.81. The van der Waals surface area contributed by atoms with Gasteiger partial charge in [0.2, 0.25) is 0 Å². The molecule has 102 valence electrons. The zero-order chi connectivity index (χ0) is 13.7. The number of nitrogens with one attached hydrogen (secondary N) is 1. The molecule has 1 fully saturated rings. The second kappa shape index (κ2) is 6.14. The lowest BCUT2D eigenvalue weighted by molar-refractivity contribution is 0.153. The molecule has 0 atom stereocenters. The first-order chi connectivity index (χ1) is 9.18. The molecule has 19 heavy (non-hydrogen) atoms. The van der Waals surface area contributed by atoms with Gasteiger partial charge in [0, 0.05) is 30.4 Å². The molecule has 1 saturated carbocycles. The average Bonchev–Trinajstić information content (AvgIpc) is 2.89. The SMILES string of the molecule is CN(C)C1(CNCc2cccnc2C#N)CCCC1. The van der Waals surface area contributed by atoms with Crippen LogP contribution in [0, 0.1) is 11.3 Å². The number of nitrogens with zero attached hydrogens (tertiary/aromatic N) is 3. The van der Waals surface area contributed by atoms with Gasteiger partial charge in [-0.1, -0.05) is 18.9 Å². The normalized spacial score (nSPS) is 17.6. The molecule has 0 bridgehead atoms. The zero-order valence-corrected chi connectivity index (χ0v) is 11.8. The van der Waals surface area contributed by atoms with Crippen LogP contribution in [-0.2, 0) is 6.54 Å². The van der Waals surface area contributed by atoms with Gasteiger partial charge < -0.3 is 10.2 Å². The van der Waals surface area contributed by atoms with Crippen LogP contribution in [0.1, 0.15) is 36.9 Å². The van der Waals surface area contributed by atoms with Crippen molar-refractivity contribution in [2.75, 3.05) is 20.6 Å². The van der Waals surface area contributed by atoms with Crippen molar-refractivity contribution in [1.82, 2.24) is 15.2 Å². The molecule has 0 unspecified atom stereocenters. The molecule has 1 aliphatic carbocycles. The van der Waals surface area contributed by atoms with E-state index in [0.29, 0.717) is 12.2 Å². The average molecular weight is 258 g/mol.